The van der Waals surface area contributed by atoms with Crippen molar-refractivity contribution in [3.05, 3.63) is 23.8 Å². The molecule has 4 fully saturated rings. The van der Waals surface area contributed by atoms with Crippen molar-refractivity contribution in [1.29, 1.82) is 0 Å². The van der Waals surface area contributed by atoms with Crippen molar-refractivity contribution in [1.82, 2.24) is 4.90 Å². The minimum absolute atomic E-state index is 0.241. The molecule has 3 heterocycles. The largest absolute Gasteiger partial charge is 0.494 e. The Balaban J connectivity index is 1.26. The van der Waals surface area contributed by atoms with Crippen LogP contribution in [0.4, 0.5) is 5.69 Å². The van der Waals surface area contributed by atoms with Crippen LogP contribution in [-0.4, -0.2) is 53.8 Å². The molecule has 6 rings (SSSR count). The molecule has 2 aliphatic carbocycles. The molecule has 3 aliphatic heterocycles. The van der Waals surface area contributed by atoms with Crippen LogP contribution < -0.4 is 10.4 Å². The zero-order chi connectivity index (χ0) is 22.6. The van der Waals surface area contributed by atoms with Crippen LogP contribution in [0.25, 0.3) is 0 Å². The number of fused-ring (bicyclic) bond motifs is 3. The van der Waals surface area contributed by atoms with Gasteiger partial charge in [-0.3, -0.25) is 9.69 Å². The summed E-state index contributed by atoms with van der Waals surface area (Å²) in [5.74, 6) is 1.17. The molecule has 2 bridgehead atoms. The first kappa shape index (κ1) is 21.2. The number of hydrogen-bond acceptors (Lipinski definition) is 4. The van der Waals surface area contributed by atoms with Crippen molar-refractivity contribution in [3.8, 4) is 0 Å². The maximum Gasteiger partial charge on any atom is 0.494 e. The fraction of sp³-hybridized carbons (Fsp3) is 0.731. The van der Waals surface area contributed by atoms with E-state index in [4.69, 9.17) is 9.31 Å². The van der Waals surface area contributed by atoms with Gasteiger partial charge in [-0.25, -0.2) is 0 Å². The van der Waals surface area contributed by atoms with Gasteiger partial charge < -0.3 is 14.2 Å². The number of hydrogen-bond donors (Lipinski definition) is 0. The Labute approximate surface area is 193 Å². The summed E-state index contributed by atoms with van der Waals surface area (Å²) < 4.78 is 12.6. The average molecular weight is 436 g/mol. The van der Waals surface area contributed by atoms with Crippen LogP contribution >= 0.6 is 0 Å². The van der Waals surface area contributed by atoms with Crippen molar-refractivity contribution in [3.63, 3.8) is 0 Å². The molecule has 0 spiro atoms. The van der Waals surface area contributed by atoms with Crippen LogP contribution in [0.3, 0.4) is 0 Å². The number of piperidine rings is 1. The molecule has 1 aromatic rings. The first-order chi connectivity index (χ1) is 15.0. The van der Waals surface area contributed by atoms with Gasteiger partial charge >= 0.3 is 7.12 Å². The summed E-state index contributed by atoms with van der Waals surface area (Å²) in [7, 11) is -0.403. The Morgan fingerprint density at radius 2 is 1.59 bits per heavy atom. The molecular weight excluding hydrogens is 399 g/mol. The molecule has 0 radical (unpaired) electrons. The minimum Gasteiger partial charge on any atom is -0.399 e. The number of nitrogens with zero attached hydrogens (tertiary/aromatic N) is 2. The van der Waals surface area contributed by atoms with Crippen molar-refractivity contribution in [2.24, 2.45) is 5.92 Å². The van der Waals surface area contributed by atoms with Crippen LogP contribution in [0.1, 0.15) is 79.2 Å². The van der Waals surface area contributed by atoms with E-state index in [0.717, 1.165) is 41.5 Å². The summed E-state index contributed by atoms with van der Waals surface area (Å²) in [4.78, 5) is 18.4. The quantitative estimate of drug-likeness (QED) is 0.679. The molecule has 2 saturated heterocycles. The number of rotatable bonds is 3. The molecule has 2 atom stereocenters. The van der Waals surface area contributed by atoms with E-state index >= 15 is 0 Å². The molecule has 1 amide bonds. The second kappa shape index (κ2) is 6.61. The third-order valence-corrected chi connectivity index (χ3v) is 9.61. The maximum absolute atomic E-state index is 13.6. The van der Waals surface area contributed by atoms with Crippen LogP contribution in [-0.2, 0) is 19.5 Å². The highest BCUT2D eigenvalue weighted by Crippen LogP contribution is 2.48. The first-order valence-corrected chi connectivity index (χ1v) is 12.6. The highest BCUT2D eigenvalue weighted by atomic mass is 16.7. The lowest BCUT2D eigenvalue weighted by Gasteiger charge is -2.48. The van der Waals surface area contributed by atoms with E-state index in [1.165, 1.54) is 25.8 Å². The van der Waals surface area contributed by atoms with Gasteiger partial charge in [0.15, 0.2) is 0 Å². The van der Waals surface area contributed by atoms with Gasteiger partial charge in [0, 0.05) is 30.4 Å². The Bertz CT molecular complexity index is 952. The van der Waals surface area contributed by atoms with Gasteiger partial charge in [-0.15, -0.1) is 0 Å². The van der Waals surface area contributed by atoms with Crippen molar-refractivity contribution < 1.29 is 14.1 Å². The molecule has 2 saturated carbocycles. The van der Waals surface area contributed by atoms with Gasteiger partial charge in [0.05, 0.1) is 16.6 Å². The molecule has 0 aromatic heterocycles. The van der Waals surface area contributed by atoms with Crippen molar-refractivity contribution >= 4 is 24.2 Å². The van der Waals surface area contributed by atoms with E-state index < -0.39 is 12.5 Å². The Morgan fingerprint density at radius 1 is 0.906 bits per heavy atom. The van der Waals surface area contributed by atoms with E-state index in [1.54, 1.807) is 0 Å². The fourth-order valence-electron chi connectivity index (χ4n) is 6.74. The molecule has 5 aliphatic rings. The third-order valence-electron chi connectivity index (χ3n) is 9.61. The first-order valence-electron chi connectivity index (χ1n) is 12.6. The molecular formula is C26H37BN2O3. The lowest BCUT2D eigenvalue weighted by Crippen LogP contribution is -2.57. The van der Waals surface area contributed by atoms with Crippen molar-refractivity contribution in [2.45, 2.75) is 108 Å². The predicted molar refractivity (Wildman–Crippen MR) is 127 cm³/mol. The third kappa shape index (κ3) is 2.85. The van der Waals surface area contributed by atoms with E-state index in [0.29, 0.717) is 12.1 Å². The van der Waals surface area contributed by atoms with E-state index in [9.17, 15) is 4.79 Å². The van der Waals surface area contributed by atoms with Crippen LogP contribution in [0.5, 0.6) is 0 Å². The number of amides is 1. The summed E-state index contributed by atoms with van der Waals surface area (Å²) >= 11 is 0. The molecule has 5 nitrogen and oxygen atoms in total. The van der Waals surface area contributed by atoms with Crippen LogP contribution in [0, 0.1) is 5.92 Å². The van der Waals surface area contributed by atoms with Crippen LogP contribution in [0.15, 0.2) is 18.2 Å². The summed E-state index contributed by atoms with van der Waals surface area (Å²) in [5.41, 5.74) is 1.97. The maximum atomic E-state index is 13.6. The Kier molecular flexibility index (Phi) is 4.38. The van der Waals surface area contributed by atoms with Crippen LogP contribution in [0.2, 0.25) is 0 Å². The van der Waals surface area contributed by atoms with Gasteiger partial charge in [0.25, 0.3) is 0 Å². The molecule has 32 heavy (non-hydrogen) atoms. The lowest BCUT2D eigenvalue weighted by atomic mass is 9.76. The Morgan fingerprint density at radius 3 is 2.19 bits per heavy atom. The monoisotopic (exact) mass is 436 g/mol. The Hall–Kier alpha value is -1.37. The van der Waals surface area contributed by atoms with E-state index in [-0.39, 0.29) is 17.1 Å². The zero-order valence-electron chi connectivity index (χ0n) is 20.5. The summed E-state index contributed by atoms with van der Waals surface area (Å²) in [6.45, 7) is 13.7. The fourth-order valence-corrected chi connectivity index (χ4v) is 6.74. The number of likely N-dealkylation sites (tertiary alicyclic amines) is 1. The van der Waals surface area contributed by atoms with Gasteiger partial charge in [0.1, 0.15) is 0 Å². The summed E-state index contributed by atoms with van der Waals surface area (Å²) in [6, 6.07) is 8.14. The molecule has 0 N–H and O–H groups in total. The van der Waals surface area contributed by atoms with Gasteiger partial charge in [0.2, 0.25) is 5.91 Å². The summed E-state index contributed by atoms with van der Waals surface area (Å²) in [6.07, 6.45) is 6.40. The minimum atomic E-state index is -0.485. The van der Waals surface area contributed by atoms with Gasteiger partial charge in [-0.2, -0.15) is 0 Å². The highest BCUT2D eigenvalue weighted by Gasteiger charge is 2.54. The highest BCUT2D eigenvalue weighted by molar-refractivity contribution is 6.62. The smallest absolute Gasteiger partial charge is 0.399 e. The second-order valence-corrected chi connectivity index (χ2v) is 12.5. The van der Waals surface area contributed by atoms with E-state index in [2.05, 4.69) is 69.5 Å². The molecule has 1 aromatic carbocycles. The summed E-state index contributed by atoms with van der Waals surface area (Å²) in [5, 5.41) is 0. The average Bonchev–Trinajstić information content (AvgIpc) is 3.39. The second-order valence-electron chi connectivity index (χ2n) is 12.5. The zero-order valence-corrected chi connectivity index (χ0v) is 20.5. The number of anilines is 1. The SMILES string of the molecule is CC1(C)C(=O)N(C2CC(N3C[C@H]4CC[C@@H]3C4)C2)c2cc(B3OC(C)(C)C(C)(C)O3)ccc21. The van der Waals surface area contributed by atoms with Gasteiger partial charge in [-0.1, -0.05) is 12.1 Å². The number of carbonyl (C=O) groups is 1. The number of benzene rings is 1. The molecule has 0 unspecified atom stereocenters. The predicted octanol–water partition coefficient (Wildman–Crippen LogP) is 3.63. The normalized spacial score (nSPS) is 36.6. The van der Waals surface area contributed by atoms with E-state index in [1.807, 2.05) is 0 Å². The number of carbonyl (C=O) groups excluding carboxylic acids is 1. The lowest BCUT2D eigenvalue weighted by molar-refractivity contribution is -0.123. The standard InChI is InChI=1S/C26H37BN2O3/c1-24(2)21-10-8-17(27-31-25(3,4)26(5,6)32-27)12-22(21)29(23(24)30)20-13-19(14-20)28-15-16-7-9-18(28)11-16/h8,10,12,16,18-20H,7,9,11,13-15H2,1-6H3/t16-,18+,19?,20?/m0/s1. The van der Waals surface area contributed by atoms with Crippen molar-refractivity contribution in [2.75, 3.05) is 11.4 Å². The topological polar surface area (TPSA) is 42.0 Å². The van der Waals surface area contributed by atoms with Gasteiger partial charge in [-0.05, 0) is 96.7 Å². The molecule has 172 valence electrons. The molecule has 6 heteroatoms.